The largest absolute Gasteiger partial charge is 0.365 e. The van der Waals surface area contributed by atoms with Crippen molar-refractivity contribution in [1.82, 2.24) is 10.3 Å². The fraction of sp³-hybridized carbons (Fsp3) is 0.643. The molecule has 0 saturated heterocycles. The minimum Gasteiger partial charge on any atom is -0.365 e. The Kier molecular flexibility index (Phi) is 3.85. The van der Waals surface area contributed by atoms with Gasteiger partial charge in [0, 0.05) is 29.9 Å². The van der Waals surface area contributed by atoms with Gasteiger partial charge in [-0.2, -0.15) is 0 Å². The van der Waals surface area contributed by atoms with Crippen molar-refractivity contribution in [3.8, 4) is 0 Å². The molecule has 0 amide bonds. The van der Waals surface area contributed by atoms with Crippen LogP contribution in [0.5, 0.6) is 0 Å². The van der Waals surface area contributed by atoms with Crippen LogP contribution in [-0.4, -0.2) is 16.6 Å². The Balaban J connectivity index is 2.03. The van der Waals surface area contributed by atoms with Gasteiger partial charge in [-0.3, -0.25) is 0 Å². The second-order valence-electron chi connectivity index (χ2n) is 6.01. The maximum atomic E-state index is 14.2. The van der Waals surface area contributed by atoms with Crippen LogP contribution in [0.4, 0.5) is 10.2 Å². The minimum atomic E-state index is -0.221. The number of aromatic nitrogens is 1. The monoisotopic (exact) mass is 251 g/mol. The highest BCUT2D eigenvalue weighted by Gasteiger charge is 2.20. The van der Waals surface area contributed by atoms with Crippen molar-refractivity contribution in [2.75, 3.05) is 5.32 Å². The molecule has 0 atom stereocenters. The van der Waals surface area contributed by atoms with Gasteiger partial charge in [-0.05, 0) is 46.1 Å². The first-order valence-corrected chi connectivity index (χ1v) is 6.61. The van der Waals surface area contributed by atoms with Crippen LogP contribution in [0.25, 0.3) is 0 Å². The summed E-state index contributed by atoms with van der Waals surface area (Å²) in [5.74, 6) is 0.175. The van der Waals surface area contributed by atoms with E-state index in [-0.39, 0.29) is 11.4 Å². The summed E-state index contributed by atoms with van der Waals surface area (Å²) in [7, 11) is 0. The van der Waals surface area contributed by atoms with E-state index < -0.39 is 0 Å². The summed E-state index contributed by atoms with van der Waals surface area (Å²) >= 11 is 0. The van der Waals surface area contributed by atoms with Crippen LogP contribution in [0, 0.1) is 5.82 Å². The van der Waals surface area contributed by atoms with Gasteiger partial charge in [0.05, 0.1) is 0 Å². The third kappa shape index (κ3) is 3.42. The van der Waals surface area contributed by atoms with Crippen molar-refractivity contribution in [1.29, 1.82) is 0 Å². The first-order chi connectivity index (χ1) is 8.46. The van der Waals surface area contributed by atoms with Gasteiger partial charge in [0.15, 0.2) is 11.6 Å². The number of halogens is 1. The third-order valence-corrected chi connectivity index (χ3v) is 3.22. The Morgan fingerprint density at radius 3 is 2.67 bits per heavy atom. The molecule has 100 valence electrons. The van der Waals surface area contributed by atoms with Crippen LogP contribution < -0.4 is 10.6 Å². The highest BCUT2D eigenvalue weighted by molar-refractivity contribution is 5.41. The number of nitrogens with one attached hydrogen (secondary N) is 2. The average Bonchev–Trinajstić information content (AvgIpc) is 2.22. The van der Waals surface area contributed by atoms with Crippen LogP contribution >= 0.6 is 0 Å². The van der Waals surface area contributed by atoms with Gasteiger partial charge in [-0.25, -0.2) is 9.37 Å². The molecule has 18 heavy (non-hydrogen) atoms. The summed E-state index contributed by atoms with van der Waals surface area (Å²) < 4.78 is 14.2. The molecular formula is C14H22FN3. The minimum absolute atomic E-state index is 0.0166. The summed E-state index contributed by atoms with van der Waals surface area (Å²) in [6.45, 7) is 6.73. The second-order valence-corrected chi connectivity index (χ2v) is 6.01. The van der Waals surface area contributed by atoms with E-state index in [4.69, 9.17) is 0 Å². The van der Waals surface area contributed by atoms with E-state index in [1.165, 1.54) is 6.42 Å². The Morgan fingerprint density at radius 1 is 1.39 bits per heavy atom. The predicted octanol–water partition coefficient (Wildman–Crippen LogP) is 3.07. The molecule has 0 aliphatic heterocycles. The molecule has 1 fully saturated rings. The molecule has 2 N–H and O–H groups in total. The molecule has 0 bridgehead atoms. The number of hydrogen-bond acceptors (Lipinski definition) is 3. The maximum Gasteiger partial charge on any atom is 0.169 e. The summed E-state index contributed by atoms with van der Waals surface area (Å²) in [6, 6.07) is 2.14. The van der Waals surface area contributed by atoms with Crippen LogP contribution in [-0.2, 0) is 6.54 Å². The molecule has 0 aromatic carbocycles. The Hall–Kier alpha value is -1.16. The Labute approximate surface area is 108 Å². The van der Waals surface area contributed by atoms with Crippen molar-refractivity contribution >= 4 is 5.82 Å². The van der Waals surface area contributed by atoms with Gasteiger partial charge in [-0.1, -0.05) is 0 Å². The van der Waals surface area contributed by atoms with Crippen molar-refractivity contribution in [2.45, 2.75) is 58.2 Å². The van der Waals surface area contributed by atoms with Gasteiger partial charge >= 0.3 is 0 Å². The van der Waals surface area contributed by atoms with Crippen molar-refractivity contribution in [3.05, 3.63) is 23.6 Å². The third-order valence-electron chi connectivity index (χ3n) is 3.22. The second kappa shape index (κ2) is 5.22. The Bertz CT molecular complexity index is 408. The smallest absolute Gasteiger partial charge is 0.169 e. The molecule has 2 rings (SSSR count). The molecule has 1 saturated carbocycles. The molecule has 0 radical (unpaired) electrons. The average molecular weight is 251 g/mol. The quantitative estimate of drug-likeness (QED) is 0.863. The molecule has 1 heterocycles. The molecule has 1 aromatic rings. The van der Waals surface area contributed by atoms with Crippen LogP contribution in [0.2, 0.25) is 0 Å². The zero-order chi connectivity index (χ0) is 13.2. The predicted molar refractivity (Wildman–Crippen MR) is 72.0 cm³/mol. The molecule has 4 heteroatoms. The van der Waals surface area contributed by atoms with E-state index in [0.717, 1.165) is 12.8 Å². The van der Waals surface area contributed by atoms with Crippen molar-refractivity contribution < 1.29 is 4.39 Å². The lowest BCUT2D eigenvalue weighted by Crippen LogP contribution is -2.35. The fourth-order valence-corrected chi connectivity index (χ4v) is 1.83. The topological polar surface area (TPSA) is 37.0 Å². The van der Waals surface area contributed by atoms with E-state index >= 15 is 0 Å². The van der Waals surface area contributed by atoms with E-state index in [9.17, 15) is 4.39 Å². The highest BCUT2D eigenvalue weighted by Crippen LogP contribution is 2.24. The fourth-order valence-electron chi connectivity index (χ4n) is 1.83. The van der Waals surface area contributed by atoms with Gasteiger partial charge < -0.3 is 10.6 Å². The van der Waals surface area contributed by atoms with Crippen molar-refractivity contribution in [3.63, 3.8) is 0 Å². The number of pyridine rings is 1. The molecule has 1 aliphatic carbocycles. The number of nitrogens with zero attached hydrogens (tertiary/aromatic N) is 1. The van der Waals surface area contributed by atoms with Gasteiger partial charge in [-0.15, -0.1) is 0 Å². The van der Waals surface area contributed by atoms with Crippen LogP contribution in [0.3, 0.4) is 0 Å². The molecule has 1 aromatic heterocycles. The number of rotatable bonds is 4. The summed E-state index contributed by atoms with van der Waals surface area (Å²) in [5.41, 5.74) is 0.652. The lowest BCUT2D eigenvalue weighted by atomic mass is 9.93. The normalized spacial score (nSPS) is 16.4. The Morgan fingerprint density at radius 2 is 2.11 bits per heavy atom. The number of hydrogen-bond donors (Lipinski definition) is 2. The van der Waals surface area contributed by atoms with E-state index in [2.05, 4.69) is 36.4 Å². The molecule has 3 nitrogen and oxygen atoms in total. The molecular weight excluding hydrogens is 229 g/mol. The summed E-state index contributed by atoms with van der Waals surface area (Å²) in [4.78, 5) is 4.09. The molecule has 1 aliphatic rings. The van der Waals surface area contributed by atoms with Crippen molar-refractivity contribution in [2.24, 2.45) is 0 Å². The standard InChI is InChI=1S/C14H22FN3/c1-14(2,3)17-9-10-7-8-16-13(12(10)15)18-11-5-4-6-11/h7-8,11,17H,4-6,9H2,1-3H3,(H,16,18). The van der Waals surface area contributed by atoms with E-state index in [1.54, 1.807) is 12.3 Å². The zero-order valence-electron chi connectivity index (χ0n) is 11.4. The van der Waals surface area contributed by atoms with E-state index in [1.807, 2.05) is 0 Å². The first kappa shape index (κ1) is 13.3. The molecule has 0 unspecified atom stereocenters. The zero-order valence-corrected chi connectivity index (χ0v) is 11.4. The van der Waals surface area contributed by atoms with Crippen LogP contribution in [0.15, 0.2) is 12.3 Å². The van der Waals surface area contributed by atoms with Gasteiger partial charge in [0.1, 0.15) is 0 Å². The lowest BCUT2D eigenvalue weighted by Gasteiger charge is -2.27. The SMILES string of the molecule is CC(C)(C)NCc1ccnc(NC2CCC2)c1F. The van der Waals surface area contributed by atoms with Crippen LogP contribution in [0.1, 0.15) is 45.6 Å². The van der Waals surface area contributed by atoms with Gasteiger partial charge in [0.2, 0.25) is 0 Å². The lowest BCUT2D eigenvalue weighted by molar-refractivity contribution is 0.417. The maximum absolute atomic E-state index is 14.2. The summed E-state index contributed by atoms with van der Waals surface area (Å²) in [6.07, 6.45) is 5.13. The summed E-state index contributed by atoms with van der Waals surface area (Å²) in [5, 5.41) is 6.46. The highest BCUT2D eigenvalue weighted by atomic mass is 19.1. The molecule has 0 spiro atoms. The first-order valence-electron chi connectivity index (χ1n) is 6.61. The van der Waals surface area contributed by atoms with Gasteiger partial charge in [0.25, 0.3) is 0 Å². The van der Waals surface area contributed by atoms with E-state index in [0.29, 0.717) is 24.0 Å². The number of anilines is 1.